The molecule has 0 radical (unpaired) electrons. The minimum atomic E-state index is 0.656. The first-order valence-electron chi connectivity index (χ1n) is 34.6. The minimum absolute atomic E-state index is 0.656. The number of rotatable bonds is 38. The van der Waals surface area contributed by atoms with Crippen LogP contribution in [0.5, 0.6) is 0 Å². The lowest BCUT2D eigenvalue weighted by molar-refractivity contribution is -0.693. The first-order valence-corrected chi connectivity index (χ1v) is 34.6. The lowest BCUT2D eigenvalue weighted by atomic mass is 9.90. The van der Waals surface area contributed by atoms with Gasteiger partial charge in [-0.05, 0) is 93.5 Å². The molecule has 0 saturated heterocycles. The third-order valence-electron chi connectivity index (χ3n) is 18.4. The molecule has 10 nitrogen and oxygen atoms in total. The number of hydrogen-bond acceptors (Lipinski definition) is 6. The smallest absolute Gasteiger partial charge is 0.272 e. The van der Waals surface area contributed by atoms with E-state index in [4.69, 9.17) is 30.0 Å². The van der Waals surface area contributed by atoms with Crippen molar-refractivity contribution < 1.29 is 9.55 Å². The number of aromatic nitrogens is 4. The van der Waals surface area contributed by atoms with Gasteiger partial charge in [-0.25, -0.2) is 24.5 Å². The molecular formula is C74H106N10+2. The number of amidine groups is 4. The number of aliphatic imine (C=N–C) groups is 4. The molecule has 0 spiro atoms. The minimum Gasteiger partial charge on any atom is -0.354 e. The Morgan fingerprint density at radius 3 is 1.27 bits per heavy atom. The summed E-state index contributed by atoms with van der Waals surface area (Å²) >= 11 is 0. The molecule has 10 heteroatoms. The number of fused-ring (bicyclic) bond motifs is 18. The molecule has 4 aromatic rings. The maximum absolute atomic E-state index is 5.75. The Labute approximate surface area is 505 Å². The van der Waals surface area contributed by atoms with Crippen molar-refractivity contribution in [3.05, 3.63) is 117 Å². The van der Waals surface area contributed by atoms with Gasteiger partial charge < -0.3 is 9.55 Å². The number of aryl methyl sites for hydroxylation is 6. The lowest BCUT2D eigenvalue weighted by Gasteiger charge is -2.13. The molecule has 0 fully saturated rings. The number of nitrogens with zero attached hydrogens (tertiary/aromatic N) is 8. The van der Waals surface area contributed by atoms with Gasteiger partial charge in [-0.2, -0.15) is 4.99 Å². The summed E-state index contributed by atoms with van der Waals surface area (Å²) in [6.45, 7) is 15.3. The average molecular weight is 1140 g/mol. The Kier molecular flexibility index (Phi) is 24.7. The van der Waals surface area contributed by atoms with Gasteiger partial charge in [0.2, 0.25) is 11.3 Å². The van der Waals surface area contributed by atoms with Crippen LogP contribution in [0.1, 0.15) is 292 Å². The normalized spacial score (nSPS) is 13.5. The van der Waals surface area contributed by atoms with Crippen LogP contribution in [-0.4, -0.2) is 32.9 Å². The second-order valence-electron chi connectivity index (χ2n) is 25.0. The van der Waals surface area contributed by atoms with Gasteiger partial charge in [-0.3, -0.25) is 0 Å². The van der Waals surface area contributed by atoms with Crippen molar-refractivity contribution in [3.63, 3.8) is 0 Å². The van der Waals surface area contributed by atoms with Gasteiger partial charge >= 0.3 is 0 Å². The second kappa shape index (κ2) is 33.1. The van der Waals surface area contributed by atoms with Crippen molar-refractivity contribution in [1.82, 2.24) is 9.55 Å². The van der Waals surface area contributed by atoms with Crippen LogP contribution < -0.4 is 20.5 Å². The van der Waals surface area contributed by atoms with E-state index >= 15 is 0 Å². The van der Waals surface area contributed by atoms with E-state index in [1.165, 1.54) is 213 Å². The van der Waals surface area contributed by atoms with Crippen molar-refractivity contribution in [2.24, 2.45) is 30.0 Å². The van der Waals surface area contributed by atoms with E-state index in [2.05, 4.69) is 122 Å². The predicted molar refractivity (Wildman–Crippen MR) is 353 cm³/mol. The summed E-state index contributed by atoms with van der Waals surface area (Å²) in [5, 5.41) is 2.37. The molecule has 0 saturated carbocycles. The molecule has 5 aliphatic heterocycles. The Morgan fingerprint density at radius 2 is 0.786 bits per heavy atom. The number of pyridine rings is 2. The van der Waals surface area contributed by atoms with E-state index in [9.17, 15) is 0 Å². The van der Waals surface area contributed by atoms with Crippen molar-refractivity contribution in [1.29, 1.82) is 0 Å². The fourth-order valence-corrected chi connectivity index (χ4v) is 13.3. The molecule has 2 aromatic heterocycles. The molecule has 2 N–H and O–H groups in total. The molecule has 450 valence electrons. The lowest BCUT2D eigenvalue weighted by Crippen LogP contribution is -2.32. The second-order valence-corrected chi connectivity index (χ2v) is 25.0. The molecule has 5 aliphatic rings. The highest BCUT2D eigenvalue weighted by molar-refractivity contribution is 6.30. The highest BCUT2D eigenvalue weighted by Crippen LogP contribution is 2.39. The summed E-state index contributed by atoms with van der Waals surface area (Å²) in [6.07, 6.45) is 53.8. The largest absolute Gasteiger partial charge is 0.354 e. The molecule has 2 aromatic carbocycles. The molecule has 0 aliphatic carbocycles. The van der Waals surface area contributed by atoms with E-state index in [0.717, 1.165) is 126 Å². The van der Waals surface area contributed by atoms with E-state index in [1.54, 1.807) is 0 Å². The molecule has 0 atom stereocenters. The molecule has 9 rings (SSSR count). The number of benzene rings is 2. The summed E-state index contributed by atoms with van der Waals surface area (Å²) < 4.78 is 4.49. The number of aromatic amines is 2. The summed E-state index contributed by atoms with van der Waals surface area (Å²) in [6, 6.07) is 14.1. The standard InChI is InChI=1S/C74H105N10/c1-7-13-17-21-25-29-33-37-41-55-45-47-57(43-39-35-31-27-23-19-15-9-3)65-63(55)71-77-67-59-49-51-83(11-5)53-61(59)70(75-67)80-74-66-58(44-40-36-32-28-24-20-16-10-4)48-46-56(42-38-34-30-26-22-18-14-8-2)64(66)72(82-74)78-68-60-50-52-84(12-6)54-62(60)69(76-68)79-73(65)81-71/h45-54H,7-44H2,1-6H3,(H,75,76,77,78,79,80,81,82)/q+1/p+1. The van der Waals surface area contributed by atoms with E-state index in [1.807, 2.05) is 0 Å². The maximum Gasteiger partial charge on any atom is 0.272 e. The Morgan fingerprint density at radius 1 is 0.381 bits per heavy atom. The van der Waals surface area contributed by atoms with Crippen molar-refractivity contribution >= 4 is 45.8 Å². The van der Waals surface area contributed by atoms with Gasteiger partial charge in [0, 0.05) is 46.9 Å². The Balaban J connectivity index is 1.21. The number of unbranched alkanes of at least 4 members (excludes halogenated alkanes) is 28. The van der Waals surface area contributed by atoms with Crippen LogP contribution in [0.2, 0.25) is 0 Å². The first-order chi connectivity index (χ1) is 41.5. The van der Waals surface area contributed by atoms with Crippen LogP contribution in [0.15, 0.2) is 91.1 Å². The highest BCUT2D eigenvalue weighted by atomic mass is 15.1. The van der Waals surface area contributed by atoms with E-state index < -0.39 is 0 Å². The topological polar surface area (TPSA) is 113 Å². The number of nitrogens with one attached hydrogen (secondary N) is 2. The van der Waals surface area contributed by atoms with Crippen LogP contribution in [0, 0.1) is 0 Å². The van der Waals surface area contributed by atoms with Gasteiger partial charge in [0.1, 0.15) is 12.0 Å². The molecule has 0 unspecified atom stereocenters. The van der Waals surface area contributed by atoms with Gasteiger partial charge in [-0.1, -0.05) is 242 Å². The molecule has 84 heavy (non-hydrogen) atoms. The zero-order valence-corrected chi connectivity index (χ0v) is 53.2. The summed E-state index contributed by atoms with van der Waals surface area (Å²) in [7, 11) is 0. The summed E-state index contributed by atoms with van der Waals surface area (Å²) in [5.41, 5.74) is 13.2. The van der Waals surface area contributed by atoms with Crippen LogP contribution in [0.4, 0.5) is 11.6 Å². The monoisotopic (exact) mass is 1130 g/mol. The number of hydrogen-bond donors (Lipinski definition) is 1. The summed E-state index contributed by atoms with van der Waals surface area (Å²) in [4.78, 5) is 41.7. The van der Waals surface area contributed by atoms with Gasteiger partial charge in [0.25, 0.3) is 11.6 Å². The third kappa shape index (κ3) is 16.3. The SMILES string of the molecule is CCCCCCCCCCc1ccc(CCCCCCCCCC)c2c1C1=NC2=Nc2[nH+]c(c3ccn(CC)cc2-3)N=c2[nH]c(c3c(CCCCCCCCCC)ccc(CCCCCCCCCC)c23)=NC2=NC(=N1)c1cc[n+](CC)cc12. The Bertz CT molecular complexity index is 3290. The van der Waals surface area contributed by atoms with Crippen LogP contribution in [0.25, 0.3) is 21.9 Å². The van der Waals surface area contributed by atoms with Crippen molar-refractivity contribution in [2.45, 2.75) is 286 Å². The predicted octanol–water partition coefficient (Wildman–Crippen LogP) is 18.6. The molecule has 0 amide bonds. The van der Waals surface area contributed by atoms with Gasteiger partial charge in [-0.15, -0.1) is 0 Å². The third-order valence-corrected chi connectivity index (χ3v) is 18.4. The Hall–Kier alpha value is -5.90. The van der Waals surface area contributed by atoms with Gasteiger partial charge in [0.15, 0.2) is 29.9 Å². The van der Waals surface area contributed by atoms with E-state index in [0.29, 0.717) is 17.5 Å². The van der Waals surface area contributed by atoms with E-state index in [-0.39, 0.29) is 0 Å². The average Bonchev–Trinajstić information content (AvgIpc) is 3.18. The first kappa shape index (κ1) is 62.6. The van der Waals surface area contributed by atoms with Gasteiger partial charge in [0.05, 0.1) is 22.3 Å². The molecule has 7 heterocycles. The fraction of sp³-hybridized carbons (Fsp3) is 0.595. The van der Waals surface area contributed by atoms with Crippen LogP contribution in [0.3, 0.4) is 0 Å². The zero-order valence-electron chi connectivity index (χ0n) is 53.2. The summed E-state index contributed by atoms with van der Waals surface area (Å²) in [5.74, 6) is 4.32. The fourth-order valence-electron chi connectivity index (χ4n) is 13.3. The van der Waals surface area contributed by atoms with Crippen LogP contribution >= 0.6 is 0 Å². The number of H-pyrrole nitrogens is 2. The van der Waals surface area contributed by atoms with Crippen LogP contribution in [-0.2, 0) is 38.8 Å². The van der Waals surface area contributed by atoms with Crippen molar-refractivity contribution in [2.75, 3.05) is 0 Å². The molecule has 8 bridgehead atoms. The highest BCUT2D eigenvalue weighted by Gasteiger charge is 2.35. The quantitative estimate of drug-likeness (QED) is 0.0294. The maximum atomic E-state index is 5.75. The van der Waals surface area contributed by atoms with Crippen molar-refractivity contribution in [3.8, 4) is 11.1 Å². The zero-order chi connectivity index (χ0) is 58.3. The molecular weight excluding hydrogens is 1030 g/mol.